The molecule has 0 radical (unpaired) electrons. The quantitative estimate of drug-likeness (QED) is 0.656. The van der Waals surface area contributed by atoms with E-state index in [1.807, 2.05) is 30.3 Å². The molecule has 132 valence electrons. The van der Waals surface area contributed by atoms with Gasteiger partial charge in [0.15, 0.2) is 0 Å². The van der Waals surface area contributed by atoms with E-state index in [-0.39, 0.29) is 11.7 Å². The number of amides is 1. The molecule has 7 nitrogen and oxygen atoms in total. The summed E-state index contributed by atoms with van der Waals surface area (Å²) in [4.78, 5) is 25.1. The summed E-state index contributed by atoms with van der Waals surface area (Å²) in [5.41, 5.74) is 1.59. The molecule has 0 atom stereocenters. The SMILES string of the molecule is O=C(c1cc(-c2ccccc2)no1)N1CCN(c2ncc(Br)cn2)CC1. The second-order valence-corrected chi connectivity index (χ2v) is 6.84. The number of aromatic nitrogens is 3. The summed E-state index contributed by atoms with van der Waals surface area (Å²) in [5, 5.41) is 4.02. The van der Waals surface area contributed by atoms with Gasteiger partial charge in [-0.1, -0.05) is 35.5 Å². The zero-order chi connectivity index (χ0) is 17.9. The van der Waals surface area contributed by atoms with Crippen LogP contribution in [0.1, 0.15) is 10.6 Å². The first kappa shape index (κ1) is 16.7. The van der Waals surface area contributed by atoms with Gasteiger partial charge in [-0.25, -0.2) is 9.97 Å². The second-order valence-electron chi connectivity index (χ2n) is 5.92. The number of anilines is 1. The normalized spacial score (nSPS) is 14.5. The number of rotatable bonds is 3. The summed E-state index contributed by atoms with van der Waals surface area (Å²) < 4.78 is 6.12. The molecule has 0 N–H and O–H groups in total. The van der Waals surface area contributed by atoms with Crippen molar-refractivity contribution in [3.63, 3.8) is 0 Å². The summed E-state index contributed by atoms with van der Waals surface area (Å²) in [6.07, 6.45) is 3.44. The lowest BCUT2D eigenvalue weighted by atomic mass is 10.1. The largest absolute Gasteiger partial charge is 0.350 e. The molecule has 0 aliphatic carbocycles. The van der Waals surface area contributed by atoms with Crippen LogP contribution in [0.4, 0.5) is 5.95 Å². The van der Waals surface area contributed by atoms with E-state index in [0.717, 1.165) is 10.0 Å². The molecule has 0 bridgehead atoms. The highest BCUT2D eigenvalue weighted by atomic mass is 79.9. The standard InChI is InChI=1S/C18H16BrN5O2/c19-14-11-20-18(21-12-14)24-8-6-23(7-9-24)17(25)16-10-15(22-26-16)13-4-2-1-3-5-13/h1-5,10-12H,6-9H2. The predicted octanol–water partition coefficient (Wildman–Crippen LogP) is 2.86. The van der Waals surface area contributed by atoms with Crippen LogP contribution in [0.5, 0.6) is 0 Å². The van der Waals surface area contributed by atoms with Gasteiger partial charge in [-0.05, 0) is 15.9 Å². The Labute approximate surface area is 158 Å². The number of hydrogen-bond donors (Lipinski definition) is 0. The fraction of sp³-hybridized carbons (Fsp3) is 0.222. The molecule has 0 saturated carbocycles. The van der Waals surface area contributed by atoms with E-state index in [4.69, 9.17) is 4.52 Å². The smallest absolute Gasteiger partial charge is 0.292 e. The van der Waals surface area contributed by atoms with Gasteiger partial charge in [-0.3, -0.25) is 4.79 Å². The van der Waals surface area contributed by atoms with E-state index < -0.39 is 0 Å². The van der Waals surface area contributed by atoms with Crippen molar-refractivity contribution in [2.75, 3.05) is 31.1 Å². The maximum Gasteiger partial charge on any atom is 0.292 e. The topological polar surface area (TPSA) is 75.4 Å². The molecule has 1 aliphatic heterocycles. The molecule has 0 spiro atoms. The van der Waals surface area contributed by atoms with Crippen molar-refractivity contribution in [1.82, 2.24) is 20.0 Å². The number of halogens is 1. The number of hydrogen-bond acceptors (Lipinski definition) is 6. The molecular weight excluding hydrogens is 398 g/mol. The number of piperazine rings is 1. The lowest BCUT2D eigenvalue weighted by Gasteiger charge is -2.34. The summed E-state index contributed by atoms with van der Waals surface area (Å²) >= 11 is 3.33. The van der Waals surface area contributed by atoms with Crippen LogP contribution in [-0.2, 0) is 0 Å². The van der Waals surface area contributed by atoms with Gasteiger partial charge in [0.1, 0.15) is 5.69 Å². The van der Waals surface area contributed by atoms with Gasteiger partial charge in [-0.2, -0.15) is 0 Å². The van der Waals surface area contributed by atoms with Crippen molar-refractivity contribution >= 4 is 27.8 Å². The first-order chi connectivity index (χ1) is 12.7. The Balaban J connectivity index is 1.41. The van der Waals surface area contributed by atoms with E-state index in [0.29, 0.717) is 37.8 Å². The van der Waals surface area contributed by atoms with Crippen LogP contribution in [0, 0.1) is 0 Å². The molecule has 8 heteroatoms. The van der Waals surface area contributed by atoms with E-state index >= 15 is 0 Å². The number of nitrogens with zero attached hydrogens (tertiary/aromatic N) is 5. The summed E-state index contributed by atoms with van der Waals surface area (Å²) in [6.45, 7) is 2.51. The lowest BCUT2D eigenvalue weighted by Crippen LogP contribution is -2.49. The lowest BCUT2D eigenvalue weighted by molar-refractivity contribution is 0.0704. The maximum absolute atomic E-state index is 12.7. The highest BCUT2D eigenvalue weighted by Crippen LogP contribution is 2.20. The fourth-order valence-corrected chi connectivity index (χ4v) is 3.06. The molecule has 3 aromatic rings. The van der Waals surface area contributed by atoms with Crippen LogP contribution in [0.2, 0.25) is 0 Å². The van der Waals surface area contributed by atoms with Gasteiger partial charge in [0.05, 0.1) is 4.47 Å². The van der Waals surface area contributed by atoms with Crippen molar-refractivity contribution in [3.05, 3.63) is 59.0 Å². The molecule has 1 fully saturated rings. The number of benzene rings is 1. The van der Waals surface area contributed by atoms with Gasteiger partial charge in [0.2, 0.25) is 11.7 Å². The molecular formula is C18H16BrN5O2. The average molecular weight is 414 g/mol. The Morgan fingerprint density at radius 2 is 1.73 bits per heavy atom. The Hall–Kier alpha value is -2.74. The van der Waals surface area contributed by atoms with Crippen LogP contribution in [0.15, 0.2) is 57.8 Å². The minimum Gasteiger partial charge on any atom is -0.350 e. The molecule has 1 aromatic carbocycles. The average Bonchev–Trinajstić information content (AvgIpc) is 3.19. The van der Waals surface area contributed by atoms with E-state index in [1.54, 1.807) is 23.4 Å². The van der Waals surface area contributed by atoms with Crippen molar-refractivity contribution in [2.45, 2.75) is 0 Å². The monoisotopic (exact) mass is 413 g/mol. The van der Waals surface area contributed by atoms with Gasteiger partial charge in [0.25, 0.3) is 5.91 Å². The highest BCUT2D eigenvalue weighted by molar-refractivity contribution is 9.10. The third-order valence-corrected chi connectivity index (χ3v) is 4.66. The first-order valence-electron chi connectivity index (χ1n) is 8.24. The summed E-state index contributed by atoms with van der Waals surface area (Å²) in [6, 6.07) is 11.3. The molecule has 1 amide bonds. The minimum absolute atomic E-state index is 0.143. The van der Waals surface area contributed by atoms with E-state index in [2.05, 4.69) is 36.0 Å². The molecule has 4 rings (SSSR count). The van der Waals surface area contributed by atoms with Crippen LogP contribution >= 0.6 is 15.9 Å². The van der Waals surface area contributed by atoms with Crippen LogP contribution in [0.3, 0.4) is 0 Å². The van der Waals surface area contributed by atoms with Crippen molar-refractivity contribution in [1.29, 1.82) is 0 Å². The predicted molar refractivity (Wildman–Crippen MR) is 99.8 cm³/mol. The molecule has 1 saturated heterocycles. The molecule has 26 heavy (non-hydrogen) atoms. The molecule has 0 unspecified atom stereocenters. The summed E-state index contributed by atoms with van der Waals surface area (Å²) in [5.74, 6) is 0.791. The minimum atomic E-state index is -0.143. The van der Waals surface area contributed by atoms with E-state index in [9.17, 15) is 4.79 Å². The Kier molecular flexibility index (Phi) is 4.66. The van der Waals surface area contributed by atoms with Gasteiger partial charge >= 0.3 is 0 Å². The van der Waals surface area contributed by atoms with Crippen molar-refractivity contribution in [3.8, 4) is 11.3 Å². The Morgan fingerprint density at radius 3 is 2.42 bits per heavy atom. The van der Waals surface area contributed by atoms with Crippen LogP contribution < -0.4 is 4.90 Å². The molecule has 2 aromatic heterocycles. The van der Waals surface area contributed by atoms with E-state index in [1.165, 1.54) is 0 Å². The Bertz CT molecular complexity index is 889. The summed E-state index contributed by atoms with van der Waals surface area (Å²) in [7, 11) is 0. The highest BCUT2D eigenvalue weighted by Gasteiger charge is 2.26. The Morgan fingerprint density at radius 1 is 1.04 bits per heavy atom. The first-order valence-corrected chi connectivity index (χ1v) is 9.04. The van der Waals surface area contributed by atoms with Gasteiger partial charge in [-0.15, -0.1) is 0 Å². The third kappa shape index (κ3) is 3.45. The zero-order valence-corrected chi connectivity index (χ0v) is 15.5. The fourth-order valence-electron chi connectivity index (χ4n) is 2.86. The zero-order valence-electron chi connectivity index (χ0n) is 13.9. The van der Waals surface area contributed by atoms with Crippen molar-refractivity contribution in [2.24, 2.45) is 0 Å². The molecule has 3 heterocycles. The van der Waals surface area contributed by atoms with Crippen LogP contribution in [-0.4, -0.2) is 52.1 Å². The second kappa shape index (κ2) is 7.25. The van der Waals surface area contributed by atoms with Crippen LogP contribution in [0.25, 0.3) is 11.3 Å². The molecule has 1 aliphatic rings. The van der Waals surface area contributed by atoms with Gasteiger partial charge < -0.3 is 14.3 Å². The number of carbonyl (C=O) groups is 1. The van der Waals surface area contributed by atoms with Crippen molar-refractivity contribution < 1.29 is 9.32 Å². The maximum atomic E-state index is 12.7. The number of carbonyl (C=O) groups excluding carboxylic acids is 1. The van der Waals surface area contributed by atoms with Gasteiger partial charge in [0, 0.05) is 50.2 Å². The third-order valence-electron chi connectivity index (χ3n) is 4.25.